The number of hydrogen-bond acceptors (Lipinski definition) is 4. The molecule has 0 bridgehead atoms. The molecule has 1 aliphatic rings. The van der Waals surface area contributed by atoms with E-state index >= 15 is 0 Å². The Hall–Kier alpha value is -0.840. The summed E-state index contributed by atoms with van der Waals surface area (Å²) in [4.78, 5) is 13.3. The molecule has 0 unspecified atom stereocenters. The van der Waals surface area contributed by atoms with Crippen LogP contribution >= 0.6 is 12.9 Å². The topological polar surface area (TPSA) is 38.8 Å². The highest BCUT2D eigenvalue weighted by atomic mass is 32.1. The molecular weight excluding hydrogens is 214 g/mol. The monoisotopic (exact) mass is 231 g/mol. The van der Waals surface area contributed by atoms with Gasteiger partial charge in [-0.05, 0) is 26.8 Å². The molecule has 5 heteroatoms. The number of carbonyl (C=O) groups excluding carboxylic acids is 1. The molecular formula is C10H17NO3S. The molecule has 0 radical (unpaired) electrons. The predicted molar refractivity (Wildman–Crippen MR) is 60.6 cm³/mol. The highest BCUT2D eigenvalue weighted by molar-refractivity contribution is 7.75. The minimum Gasteiger partial charge on any atom is -0.444 e. The van der Waals surface area contributed by atoms with E-state index in [0.717, 1.165) is 5.76 Å². The van der Waals surface area contributed by atoms with Crippen molar-refractivity contribution < 1.29 is 13.7 Å². The van der Waals surface area contributed by atoms with E-state index < -0.39 is 5.60 Å². The number of hydrogen-bond donors (Lipinski definition) is 1. The smallest absolute Gasteiger partial charge is 0.410 e. The molecule has 0 saturated carbocycles. The third kappa shape index (κ3) is 4.03. The zero-order valence-corrected chi connectivity index (χ0v) is 10.2. The van der Waals surface area contributed by atoms with Crippen LogP contribution in [0, 0.1) is 0 Å². The summed E-state index contributed by atoms with van der Waals surface area (Å²) in [6, 6.07) is 0. The quantitative estimate of drug-likeness (QED) is 0.556. The molecule has 0 aromatic rings. The van der Waals surface area contributed by atoms with Crippen molar-refractivity contribution in [1.29, 1.82) is 0 Å². The summed E-state index contributed by atoms with van der Waals surface area (Å²) in [5.74, 6) is 0.804. The van der Waals surface area contributed by atoms with Crippen molar-refractivity contribution in [3.05, 3.63) is 11.8 Å². The van der Waals surface area contributed by atoms with E-state index in [2.05, 4.69) is 12.9 Å². The number of ether oxygens (including phenoxy) is 1. The third-order valence-corrected chi connectivity index (χ3v) is 2.17. The fourth-order valence-corrected chi connectivity index (χ4v) is 1.39. The predicted octanol–water partition coefficient (Wildman–Crippen LogP) is 2.37. The molecule has 1 rings (SSSR count). The minimum atomic E-state index is -0.443. The highest BCUT2D eigenvalue weighted by Gasteiger charge is 2.23. The van der Waals surface area contributed by atoms with Gasteiger partial charge in [-0.3, -0.25) is 0 Å². The van der Waals surface area contributed by atoms with Crippen molar-refractivity contribution in [3.8, 4) is 0 Å². The molecule has 1 amide bonds. The van der Waals surface area contributed by atoms with Gasteiger partial charge in [0.2, 0.25) is 0 Å². The van der Waals surface area contributed by atoms with Gasteiger partial charge in [-0.2, -0.15) is 0 Å². The summed E-state index contributed by atoms with van der Waals surface area (Å²) in [7, 11) is 0. The van der Waals surface area contributed by atoms with Crippen molar-refractivity contribution in [2.24, 2.45) is 0 Å². The maximum absolute atomic E-state index is 11.6. The first-order valence-corrected chi connectivity index (χ1v) is 5.27. The number of amides is 1. The second-order valence-electron chi connectivity index (χ2n) is 4.44. The van der Waals surface area contributed by atoms with Crippen LogP contribution in [0.4, 0.5) is 4.79 Å². The molecule has 0 aromatic heterocycles. The highest BCUT2D eigenvalue weighted by Crippen LogP contribution is 2.16. The Bertz CT molecular complexity index is 270. The standard InChI is InChI=1S/C10H17NO3S/c1-10(2,3)13-9(12)11-6-4-8(14-15)5-7-11/h4,15H,5-7H2,1-3H3. The maximum Gasteiger partial charge on any atom is 0.410 e. The molecule has 0 fully saturated rings. The van der Waals surface area contributed by atoms with Crippen LogP contribution < -0.4 is 0 Å². The van der Waals surface area contributed by atoms with Crippen LogP contribution in [0.1, 0.15) is 27.2 Å². The van der Waals surface area contributed by atoms with Crippen molar-refractivity contribution in [3.63, 3.8) is 0 Å². The molecule has 0 aliphatic carbocycles. The number of rotatable bonds is 1. The molecule has 1 heterocycles. The van der Waals surface area contributed by atoms with Crippen LogP contribution in [0.5, 0.6) is 0 Å². The van der Waals surface area contributed by atoms with Crippen LogP contribution in [0.3, 0.4) is 0 Å². The van der Waals surface area contributed by atoms with Crippen molar-refractivity contribution >= 4 is 19.0 Å². The minimum absolute atomic E-state index is 0.281. The molecule has 0 N–H and O–H groups in total. The lowest BCUT2D eigenvalue weighted by molar-refractivity contribution is 0.0260. The van der Waals surface area contributed by atoms with Crippen molar-refractivity contribution in [2.45, 2.75) is 32.8 Å². The van der Waals surface area contributed by atoms with Crippen LogP contribution in [-0.4, -0.2) is 29.7 Å². The van der Waals surface area contributed by atoms with Gasteiger partial charge in [0.05, 0.1) is 0 Å². The Morgan fingerprint density at radius 3 is 2.60 bits per heavy atom. The van der Waals surface area contributed by atoms with E-state index in [-0.39, 0.29) is 6.09 Å². The van der Waals surface area contributed by atoms with Gasteiger partial charge in [0.1, 0.15) is 11.4 Å². The van der Waals surface area contributed by atoms with Gasteiger partial charge in [-0.25, -0.2) is 4.79 Å². The van der Waals surface area contributed by atoms with Crippen LogP contribution in [0.25, 0.3) is 0 Å². The summed E-state index contributed by atoms with van der Waals surface area (Å²) in [5, 5.41) is 0. The van der Waals surface area contributed by atoms with Gasteiger partial charge in [0, 0.05) is 32.4 Å². The summed E-state index contributed by atoms with van der Waals surface area (Å²) in [6.45, 7) is 6.69. The van der Waals surface area contributed by atoms with E-state index in [4.69, 9.17) is 8.92 Å². The number of carbonyl (C=O) groups is 1. The molecule has 4 nitrogen and oxygen atoms in total. The Morgan fingerprint density at radius 1 is 1.53 bits per heavy atom. The summed E-state index contributed by atoms with van der Waals surface area (Å²) in [5.41, 5.74) is -0.443. The number of thiol groups is 1. The summed E-state index contributed by atoms with van der Waals surface area (Å²) >= 11 is 3.71. The normalized spacial score (nSPS) is 17.1. The average Bonchev–Trinajstić information content (AvgIpc) is 2.15. The SMILES string of the molecule is CC(C)(C)OC(=O)N1CC=C(OS)CC1. The molecule has 15 heavy (non-hydrogen) atoms. The lowest BCUT2D eigenvalue weighted by Gasteiger charge is -2.28. The largest absolute Gasteiger partial charge is 0.444 e. The van der Waals surface area contributed by atoms with Gasteiger partial charge < -0.3 is 13.8 Å². The summed E-state index contributed by atoms with van der Waals surface area (Å²) < 4.78 is 10.0. The first-order chi connectivity index (χ1) is 6.92. The fraction of sp³-hybridized carbons (Fsp3) is 0.700. The Balaban J connectivity index is 2.47. The average molecular weight is 231 g/mol. The molecule has 1 aliphatic heterocycles. The van der Waals surface area contributed by atoms with Crippen molar-refractivity contribution in [2.75, 3.05) is 13.1 Å². The van der Waals surface area contributed by atoms with E-state index in [1.54, 1.807) is 4.90 Å². The second kappa shape index (κ2) is 4.79. The van der Waals surface area contributed by atoms with Crippen LogP contribution in [-0.2, 0) is 8.92 Å². The van der Waals surface area contributed by atoms with E-state index in [1.807, 2.05) is 26.8 Å². The number of nitrogens with zero attached hydrogens (tertiary/aromatic N) is 1. The molecule has 0 atom stereocenters. The van der Waals surface area contributed by atoms with Crippen LogP contribution in [0.15, 0.2) is 11.8 Å². The van der Waals surface area contributed by atoms with E-state index in [1.165, 1.54) is 0 Å². The lowest BCUT2D eigenvalue weighted by atomic mass is 10.2. The van der Waals surface area contributed by atoms with E-state index in [0.29, 0.717) is 19.5 Å². The van der Waals surface area contributed by atoms with Crippen LogP contribution in [0.2, 0.25) is 0 Å². The Kier molecular flexibility index (Phi) is 3.90. The van der Waals surface area contributed by atoms with E-state index in [9.17, 15) is 4.79 Å². The first kappa shape index (κ1) is 12.2. The molecule has 0 aromatic carbocycles. The fourth-order valence-electron chi connectivity index (χ4n) is 1.23. The van der Waals surface area contributed by atoms with Gasteiger partial charge in [-0.1, -0.05) is 0 Å². The van der Waals surface area contributed by atoms with Crippen molar-refractivity contribution in [1.82, 2.24) is 4.90 Å². The Labute approximate surface area is 95.8 Å². The zero-order valence-electron chi connectivity index (χ0n) is 9.32. The molecule has 0 spiro atoms. The first-order valence-electron chi connectivity index (χ1n) is 4.91. The molecule has 86 valence electrons. The summed E-state index contributed by atoms with van der Waals surface area (Å²) in [6.07, 6.45) is 2.24. The van der Waals surface area contributed by atoms with Gasteiger partial charge in [0.15, 0.2) is 0 Å². The second-order valence-corrected chi connectivity index (χ2v) is 4.62. The van der Waals surface area contributed by atoms with Gasteiger partial charge in [-0.15, -0.1) is 0 Å². The maximum atomic E-state index is 11.6. The van der Waals surface area contributed by atoms with Gasteiger partial charge >= 0.3 is 6.09 Å². The zero-order chi connectivity index (χ0) is 11.5. The van der Waals surface area contributed by atoms with Gasteiger partial charge in [0.25, 0.3) is 0 Å². The Morgan fingerprint density at radius 2 is 2.20 bits per heavy atom. The third-order valence-electron chi connectivity index (χ3n) is 1.94. The lowest BCUT2D eigenvalue weighted by Crippen LogP contribution is -2.39. The molecule has 0 saturated heterocycles.